The van der Waals surface area contributed by atoms with Crippen LogP contribution in [0.4, 0.5) is 19.0 Å². The topological polar surface area (TPSA) is 69.0 Å². The van der Waals surface area contributed by atoms with Gasteiger partial charge in [-0.1, -0.05) is 24.3 Å². The first-order valence-electron chi connectivity index (χ1n) is 8.16. The second-order valence-corrected chi connectivity index (χ2v) is 5.63. The van der Waals surface area contributed by atoms with Crippen LogP contribution in [0.15, 0.2) is 67.0 Å². The summed E-state index contributed by atoms with van der Waals surface area (Å²) in [5.41, 5.74) is 0.931. The van der Waals surface area contributed by atoms with E-state index in [9.17, 15) is 18.0 Å². The standard InChI is InChI=1S/C19H15F3N4O2/c20-19(21,22)28-16-7-2-1-5-14(16)8-9-18(27)24-17-10-12-26(25-17)13-15-6-3-4-11-23-15/h1-12H,13H2,(H,24,25,27)/b9-8+. The molecule has 2 heterocycles. The molecule has 1 amide bonds. The van der Waals surface area contributed by atoms with Gasteiger partial charge < -0.3 is 10.1 Å². The van der Waals surface area contributed by atoms with Crippen LogP contribution in [-0.2, 0) is 11.3 Å². The maximum atomic E-state index is 12.4. The second kappa shape index (κ2) is 8.38. The Bertz CT molecular complexity index is 969. The van der Waals surface area contributed by atoms with Crippen LogP contribution in [0, 0.1) is 0 Å². The SMILES string of the molecule is O=C(/C=C/c1ccccc1OC(F)(F)F)Nc1ccn(Cc2ccccn2)n1. The molecule has 6 nitrogen and oxygen atoms in total. The van der Waals surface area contributed by atoms with Gasteiger partial charge in [-0.2, -0.15) is 5.10 Å². The van der Waals surface area contributed by atoms with Crippen molar-refractivity contribution in [3.63, 3.8) is 0 Å². The van der Waals surface area contributed by atoms with E-state index in [0.717, 1.165) is 11.8 Å². The molecule has 28 heavy (non-hydrogen) atoms. The summed E-state index contributed by atoms with van der Waals surface area (Å²) in [6.45, 7) is 0.439. The highest BCUT2D eigenvalue weighted by Gasteiger charge is 2.31. The molecule has 1 aromatic carbocycles. The number of aromatic nitrogens is 3. The van der Waals surface area contributed by atoms with Crippen LogP contribution in [0.3, 0.4) is 0 Å². The molecule has 0 saturated carbocycles. The van der Waals surface area contributed by atoms with Crippen LogP contribution in [0.2, 0.25) is 0 Å². The molecule has 0 radical (unpaired) electrons. The molecule has 0 aliphatic rings. The first kappa shape index (κ1) is 19.2. The number of nitrogens with zero attached hydrogens (tertiary/aromatic N) is 3. The minimum atomic E-state index is -4.81. The fraction of sp³-hybridized carbons (Fsp3) is 0.105. The van der Waals surface area contributed by atoms with Crippen molar-refractivity contribution < 1.29 is 22.7 Å². The number of alkyl halides is 3. The van der Waals surface area contributed by atoms with E-state index in [1.54, 1.807) is 29.2 Å². The van der Waals surface area contributed by atoms with Crippen LogP contribution in [0.5, 0.6) is 5.75 Å². The Morgan fingerprint density at radius 3 is 2.68 bits per heavy atom. The zero-order valence-electron chi connectivity index (χ0n) is 14.4. The smallest absolute Gasteiger partial charge is 0.405 e. The lowest BCUT2D eigenvalue weighted by atomic mass is 10.2. The number of carbonyl (C=O) groups excluding carboxylic acids is 1. The van der Waals surface area contributed by atoms with E-state index in [-0.39, 0.29) is 5.56 Å². The zero-order valence-corrected chi connectivity index (χ0v) is 14.4. The Labute approximate surface area is 158 Å². The van der Waals surface area contributed by atoms with Gasteiger partial charge in [-0.15, -0.1) is 13.2 Å². The molecule has 2 aromatic heterocycles. The lowest BCUT2D eigenvalue weighted by molar-refractivity contribution is -0.274. The number of nitrogens with one attached hydrogen (secondary N) is 1. The fourth-order valence-electron chi connectivity index (χ4n) is 2.34. The van der Waals surface area contributed by atoms with Gasteiger partial charge >= 0.3 is 6.36 Å². The maximum Gasteiger partial charge on any atom is 0.573 e. The highest BCUT2D eigenvalue weighted by molar-refractivity contribution is 6.01. The minimum absolute atomic E-state index is 0.121. The van der Waals surface area contributed by atoms with Gasteiger partial charge in [0.1, 0.15) is 5.75 Å². The van der Waals surface area contributed by atoms with Crippen molar-refractivity contribution in [1.29, 1.82) is 0 Å². The summed E-state index contributed by atoms with van der Waals surface area (Å²) in [5.74, 6) is -0.617. The molecule has 0 atom stereocenters. The van der Waals surface area contributed by atoms with Gasteiger partial charge in [-0.05, 0) is 24.3 Å². The van der Waals surface area contributed by atoms with Crippen molar-refractivity contribution in [2.75, 3.05) is 5.32 Å². The van der Waals surface area contributed by atoms with Gasteiger partial charge in [0.2, 0.25) is 5.91 Å². The summed E-state index contributed by atoms with van der Waals surface area (Å²) in [6, 6.07) is 12.7. The maximum absolute atomic E-state index is 12.4. The Kier molecular flexibility index (Phi) is 5.73. The van der Waals surface area contributed by atoms with E-state index in [1.807, 2.05) is 18.2 Å². The molecule has 0 unspecified atom stereocenters. The van der Waals surface area contributed by atoms with Gasteiger partial charge in [-0.3, -0.25) is 14.5 Å². The van der Waals surface area contributed by atoms with Crippen molar-refractivity contribution in [1.82, 2.24) is 14.8 Å². The largest absolute Gasteiger partial charge is 0.573 e. The monoisotopic (exact) mass is 388 g/mol. The minimum Gasteiger partial charge on any atom is -0.405 e. The number of ether oxygens (including phenoxy) is 1. The average molecular weight is 388 g/mol. The molecule has 0 aliphatic heterocycles. The number of hydrogen-bond donors (Lipinski definition) is 1. The average Bonchev–Trinajstić information content (AvgIpc) is 3.07. The van der Waals surface area contributed by atoms with Crippen molar-refractivity contribution in [2.24, 2.45) is 0 Å². The molecule has 3 aromatic rings. The normalized spacial score (nSPS) is 11.5. The summed E-state index contributed by atoms with van der Waals surface area (Å²) in [4.78, 5) is 16.2. The van der Waals surface area contributed by atoms with Crippen LogP contribution in [-0.4, -0.2) is 27.0 Å². The third-order valence-corrected chi connectivity index (χ3v) is 3.50. The lowest BCUT2D eigenvalue weighted by Crippen LogP contribution is -2.17. The fourth-order valence-corrected chi connectivity index (χ4v) is 2.34. The molecular formula is C19H15F3N4O2. The van der Waals surface area contributed by atoms with Crippen molar-refractivity contribution >= 4 is 17.8 Å². The van der Waals surface area contributed by atoms with Crippen LogP contribution < -0.4 is 10.1 Å². The van der Waals surface area contributed by atoms with E-state index in [2.05, 4.69) is 20.1 Å². The van der Waals surface area contributed by atoms with E-state index in [0.29, 0.717) is 12.4 Å². The van der Waals surface area contributed by atoms with Gasteiger partial charge in [-0.25, -0.2) is 0 Å². The van der Waals surface area contributed by atoms with E-state index < -0.39 is 18.0 Å². The third-order valence-electron chi connectivity index (χ3n) is 3.50. The second-order valence-electron chi connectivity index (χ2n) is 5.63. The number of benzene rings is 1. The van der Waals surface area contributed by atoms with Gasteiger partial charge in [0, 0.05) is 30.1 Å². The number of halogens is 3. The molecule has 0 fully saturated rings. The molecule has 0 saturated heterocycles. The van der Waals surface area contributed by atoms with Gasteiger partial charge in [0.25, 0.3) is 0 Å². The van der Waals surface area contributed by atoms with E-state index in [1.165, 1.54) is 24.3 Å². The molecule has 0 spiro atoms. The lowest BCUT2D eigenvalue weighted by Gasteiger charge is -2.10. The molecule has 0 aliphatic carbocycles. The van der Waals surface area contributed by atoms with Gasteiger partial charge in [0.15, 0.2) is 5.82 Å². The number of para-hydroxylation sites is 1. The first-order valence-corrected chi connectivity index (χ1v) is 8.16. The molecular weight excluding hydrogens is 373 g/mol. The molecule has 3 rings (SSSR count). The predicted octanol–water partition coefficient (Wildman–Crippen LogP) is 3.88. The van der Waals surface area contributed by atoms with Crippen molar-refractivity contribution in [3.8, 4) is 5.75 Å². The van der Waals surface area contributed by atoms with E-state index in [4.69, 9.17) is 0 Å². The summed E-state index contributed by atoms with van der Waals surface area (Å²) < 4.78 is 42.8. The number of carbonyl (C=O) groups is 1. The summed E-state index contributed by atoms with van der Waals surface area (Å²) in [6.07, 6.45) is 0.886. The summed E-state index contributed by atoms with van der Waals surface area (Å²) in [5, 5.41) is 6.75. The summed E-state index contributed by atoms with van der Waals surface area (Å²) in [7, 11) is 0. The number of hydrogen-bond acceptors (Lipinski definition) is 4. The highest BCUT2D eigenvalue weighted by atomic mass is 19.4. The third kappa shape index (κ3) is 5.70. The number of pyridine rings is 1. The molecule has 1 N–H and O–H groups in total. The Hall–Kier alpha value is -3.62. The number of rotatable bonds is 6. The molecule has 9 heteroatoms. The van der Waals surface area contributed by atoms with Gasteiger partial charge in [0.05, 0.1) is 12.2 Å². The predicted molar refractivity (Wildman–Crippen MR) is 96.4 cm³/mol. The zero-order chi connectivity index (χ0) is 20.0. The first-order chi connectivity index (χ1) is 13.4. The quantitative estimate of drug-likeness (QED) is 0.651. The Morgan fingerprint density at radius 2 is 1.93 bits per heavy atom. The Morgan fingerprint density at radius 1 is 1.14 bits per heavy atom. The number of anilines is 1. The molecule has 144 valence electrons. The van der Waals surface area contributed by atoms with Crippen LogP contribution >= 0.6 is 0 Å². The van der Waals surface area contributed by atoms with E-state index >= 15 is 0 Å². The number of amides is 1. The van der Waals surface area contributed by atoms with Crippen molar-refractivity contribution in [3.05, 3.63) is 78.3 Å². The highest BCUT2D eigenvalue weighted by Crippen LogP contribution is 2.27. The van der Waals surface area contributed by atoms with Crippen molar-refractivity contribution in [2.45, 2.75) is 12.9 Å². The van der Waals surface area contributed by atoms with Crippen LogP contribution in [0.25, 0.3) is 6.08 Å². The summed E-state index contributed by atoms with van der Waals surface area (Å²) >= 11 is 0. The van der Waals surface area contributed by atoms with Crippen LogP contribution in [0.1, 0.15) is 11.3 Å². The molecule has 0 bridgehead atoms. The Balaban J connectivity index is 1.62.